The van der Waals surface area contributed by atoms with Crippen LogP contribution in [-0.2, 0) is 10.0 Å². The van der Waals surface area contributed by atoms with Gasteiger partial charge in [0, 0.05) is 23.4 Å². The van der Waals surface area contributed by atoms with Crippen LogP contribution in [0.25, 0.3) is 0 Å². The lowest BCUT2D eigenvalue weighted by molar-refractivity contribution is -0.384. The molecule has 0 aliphatic rings. The molecule has 0 unspecified atom stereocenters. The van der Waals surface area contributed by atoms with Crippen LogP contribution in [-0.4, -0.2) is 26.7 Å². The third kappa shape index (κ3) is 5.35. The molecule has 0 aliphatic heterocycles. The van der Waals surface area contributed by atoms with Gasteiger partial charge in [-0.15, -0.1) is 0 Å². The Labute approximate surface area is 181 Å². The Morgan fingerprint density at radius 1 is 1.06 bits per heavy atom. The summed E-state index contributed by atoms with van der Waals surface area (Å²) in [7, 11) is -2.66. The Morgan fingerprint density at radius 3 is 2.41 bits per heavy atom. The number of benzene rings is 3. The van der Waals surface area contributed by atoms with Gasteiger partial charge in [0.2, 0.25) is 0 Å². The average molecular weight is 462 g/mol. The second-order valence-corrected chi connectivity index (χ2v) is 7.99. The molecule has 3 rings (SSSR count). The first kappa shape index (κ1) is 22.6. The fraction of sp³-hybridized carbons (Fsp3) is 0.0500. The highest BCUT2D eigenvalue weighted by Gasteiger charge is 2.21. The van der Waals surface area contributed by atoms with Gasteiger partial charge in [-0.2, -0.15) is 5.10 Å². The van der Waals surface area contributed by atoms with Crippen molar-refractivity contribution in [2.24, 2.45) is 5.10 Å². The highest BCUT2D eigenvalue weighted by molar-refractivity contribution is 7.92. The Kier molecular flexibility index (Phi) is 6.64. The number of anilines is 2. The van der Waals surface area contributed by atoms with Crippen molar-refractivity contribution in [3.63, 3.8) is 0 Å². The molecule has 3 aromatic rings. The number of nitrogens with one attached hydrogen (secondary N) is 2. The molecule has 32 heavy (non-hydrogen) atoms. The fourth-order valence-corrected chi connectivity index (χ4v) is 3.65. The highest BCUT2D eigenvalue weighted by Crippen LogP contribution is 2.29. The topological polar surface area (TPSA) is 123 Å². The molecule has 0 radical (unpaired) electrons. The molecular formula is C20H16F2N4O5S. The summed E-state index contributed by atoms with van der Waals surface area (Å²) >= 11 is 0. The van der Waals surface area contributed by atoms with E-state index in [2.05, 4.69) is 15.2 Å². The molecule has 0 aromatic heterocycles. The molecule has 0 saturated carbocycles. The quantitative estimate of drug-likeness (QED) is 0.295. The average Bonchev–Trinajstić information content (AvgIpc) is 2.75. The van der Waals surface area contributed by atoms with Crippen LogP contribution in [0.2, 0.25) is 0 Å². The standard InChI is InChI=1S/C20H16F2N4O5S/c1-31-16-6-4-15(5-7-16)25-32(29,30)17-8-9-19(20(11-17)26(27)28)24-23-12-13-2-3-14(21)10-18(13)22/h2-12,24-25H,1H3. The zero-order valence-electron chi connectivity index (χ0n) is 16.5. The van der Waals surface area contributed by atoms with E-state index in [0.717, 1.165) is 36.5 Å². The molecule has 3 aromatic carbocycles. The molecule has 0 aliphatic carbocycles. The van der Waals surface area contributed by atoms with Crippen molar-refractivity contribution in [3.8, 4) is 5.75 Å². The van der Waals surface area contributed by atoms with Gasteiger partial charge < -0.3 is 4.74 Å². The molecule has 0 spiro atoms. The molecule has 0 bridgehead atoms. The third-order valence-electron chi connectivity index (χ3n) is 4.17. The van der Waals surface area contributed by atoms with E-state index >= 15 is 0 Å². The summed E-state index contributed by atoms with van der Waals surface area (Å²) in [4.78, 5) is 10.3. The number of methoxy groups -OCH3 is 1. The Bertz CT molecular complexity index is 1280. The fourth-order valence-electron chi connectivity index (χ4n) is 2.57. The minimum absolute atomic E-state index is 0.0514. The number of hydrazone groups is 1. The van der Waals surface area contributed by atoms with Gasteiger partial charge in [-0.05, 0) is 48.5 Å². The summed E-state index contributed by atoms with van der Waals surface area (Å²) in [6, 6.07) is 12.1. The monoisotopic (exact) mass is 462 g/mol. The van der Waals surface area contributed by atoms with Crippen LogP contribution < -0.4 is 14.9 Å². The molecule has 2 N–H and O–H groups in total. The summed E-state index contributed by atoms with van der Waals surface area (Å²) in [6.45, 7) is 0. The maximum absolute atomic E-state index is 13.6. The SMILES string of the molecule is COc1ccc(NS(=O)(=O)c2ccc(NN=Cc3ccc(F)cc3F)c([N+](=O)[O-])c2)cc1. The summed E-state index contributed by atoms with van der Waals surface area (Å²) in [5.74, 6) is -1.10. The lowest BCUT2D eigenvalue weighted by Crippen LogP contribution is -2.13. The predicted octanol–water partition coefficient (Wildman–Crippen LogP) is 4.13. The van der Waals surface area contributed by atoms with E-state index in [9.17, 15) is 27.3 Å². The molecule has 0 amide bonds. The van der Waals surface area contributed by atoms with Gasteiger partial charge in [-0.1, -0.05) is 0 Å². The van der Waals surface area contributed by atoms with Crippen molar-refractivity contribution in [1.82, 2.24) is 0 Å². The van der Waals surface area contributed by atoms with Crippen LogP contribution in [0.15, 0.2) is 70.7 Å². The number of hydrogen-bond acceptors (Lipinski definition) is 7. The Hall–Kier alpha value is -4.06. The molecule has 9 nitrogen and oxygen atoms in total. The van der Waals surface area contributed by atoms with Crippen LogP contribution >= 0.6 is 0 Å². The van der Waals surface area contributed by atoms with E-state index in [4.69, 9.17) is 4.74 Å². The zero-order valence-corrected chi connectivity index (χ0v) is 17.3. The van der Waals surface area contributed by atoms with Crippen LogP contribution in [0.4, 0.5) is 25.8 Å². The number of sulfonamides is 1. The minimum atomic E-state index is -4.13. The second kappa shape index (κ2) is 9.39. The van der Waals surface area contributed by atoms with Crippen LogP contribution in [0.3, 0.4) is 0 Å². The lowest BCUT2D eigenvalue weighted by atomic mass is 10.2. The van der Waals surface area contributed by atoms with E-state index in [1.807, 2.05) is 0 Å². The maximum atomic E-state index is 13.6. The summed E-state index contributed by atoms with van der Waals surface area (Å²) < 4.78 is 59.1. The highest BCUT2D eigenvalue weighted by atomic mass is 32.2. The van der Waals surface area contributed by atoms with E-state index in [-0.39, 0.29) is 21.8 Å². The molecular weight excluding hydrogens is 446 g/mol. The van der Waals surface area contributed by atoms with Crippen LogP contribution in [0, 0.1) is 21.7 Å². The second-order valence-electron chi connectivity index (χ2n) is 6.31. The molecule has 12 heteroatoms. The van der Waals surface area contributed by atoms with Gasteiger partial charge in [-0.3, -0.25) is 20.3 Å². The Balaban J connectivity index is 1.83. The van der Waals surface area contributed by atoms with Crippen molar-refractivity contribution in [3.05, 3.63) is 88.0 Å². The van der Waals surface area contributed by atoms with E-state index < -0.39 is 32.3 Å². The normalized spacial score (nSPS) is 11.3. The van der Waals surface area contributed by atoms with Gasteiger partial charge in [-0.25, -0.2) is 17.2 Å². The van der Waals surface area contributed by atoms with E-state index in [0.29, 0.717) is 11.8 Å². The van der Waals surface area contributed by atoms with Crippen molar-refractivity contribution in [2.75, 3.05) is 17.3 Å². The van der Waals surface area contributed by atoms with E-state index in [1.165, 1.54) is 19.2 Å². The largest absolute Gasteiger partial charge is 0.497 e. The predicted molar refractivity (Wildman–Crippen MR) is 114 cm³/mol. The summed E-state index contributed by atoms with van der Waals surface area (Å²) in [5, 5.41) is 15.1. The first-order chi connectivity index (χ1) is 15.2. The molecule has 166 valence electrons. The number of hydrogen-bond donors (Lipinski definition) is 2. The van der Waals surface area contributed by atoms with Gasteiger partial charge >= 0.3 is 0 Å². The van der Waals surface area contributed by atoms with Crippen molar-refractivity contribution in [2.45, 2.75) is 4.90 Å². The summed E-state index contributed by atoms with van der Waals surface area (Å²) in [6.07, 6.45) is 1.01. The van der Waals surface area contributed by atoms with E-state index in [1.54, 1.807) is 12.1 Å². The van der Waals surface area contributed by atoms with Gasteiger partial charge in [0.15, 0.2) is 0 Å². The third-order valence-corrected chi connectivity index (χ3v) is 5.55. The van der Waals surface area contributed by atoms with Crippen molar-refractivity contribution >= 4 is 33.3 Å². The maximum Gasteiger partial charge on any atom is 0.295 e. The number of ether oxygens (including phenoxy) is 1. The van der Waals surface area contributed by atoms with Gasteiger partial charge in [0.05, 0.1) is 23.1 Å². The van der Waals surface area contributed by atoms with Gasteiger partial charge in [0.1, 0.15) is 23.1 Å². The zero-order chi connectivity index (χ0) is 23.3. The lowest BCUT2D eigenvalue weighted by Gasteiger charge is -2.10. The molecule has 0 fully saturated rings. The van der Waals surface area contributed by atoms with Gasteiger partial charge in [0.25, 0.3) is 15.7 Å². The number of halogens is 2. The minimum Gasteiger partial charge on any atom is -0.497 e. The molecule has 0 atom stereocenters. The van der Waals surface area contributed by atoms with Crippen LogP contribution in [0.5, 0.6) is 5.75 Å². The number of nitrogens with zero attached hydrogens (tertiary/aromatic N) is 2. The first-order valence-corrected chi connectivity index (χ1v) is 10.4. The first-order valence-electron chi connectivity index (χ1n) is 8.89. The number of nitro benzene ring substituents is 1. The molecule has 0 heterocycles. The van der Waals surface area contributed by atoms with Crippen molar-refractivity contribution in [1.29, 1.82) is 0 Å². The van der Waals surface area contributed by atoms with Crippen molar-refractivity contribution < 1.29 is 26.9 Å². The smallest absolute Gasteiger partial charge is 0.295 e. The number of rotatable bonds is 8. The van der Waals surface area contributed by atoms with Crippen LogP contribution in [0.1, 0.15) is 5.56 Å². The Morgan fingerprint density at radius 2 is 1.78 bits per heavy atom. The molecule has 0 saturated heterocycles. The summed E-state index contributed by atoms with van der Waals surface area (Å²) in [5.41, 5.74) is 1.85. The number of nitro groups is 1.